The maximum absolute atomic E-state index is 3.73. The van der Waals surface area contributed by atoms with Gasteiger partial charge in [-0.1, -0.05) is 97.1 Å². The zero-order valence-corrected chi connectivity index (χ0v) is 25.3. The first-order valence-corrected chi connectivity index (χ1v) is 15.6. The SMILES string of the molecule is [C+]1=CC(c2ccccc2)NCCCN/C(c2ccccc2)=C/[C+]=CC(c2ccccc2)NCCCN/C(c2ccccc2)=C/1. The molecule has 1 aliphatic heterocycles. The summed E-state index contributed by atoms with van der Waals surface area (Å²) < 4.78 is 0. The second kappa shape index (κ2) is 17.3. The molecule has 0 bridgehead atoms. The minimum absolute atomic E-state index is 0.0644. The van der Waals surface area contributed by atoms with Crippen LogP contribution >= 0.6 is 0 Å². The van der Waals surface area contributed by atoms with Crippen LogP contribution in [0.1, 0.15) is 47.2 Å². The maximum atomic E-state index is 3.73. The molecule has 0 fully saturated rings. The Morgan fingerprint density at radius 3 is 1.18 bits per heavy atom. The van der Waals surface area contributed by atoms with Gasteiger partial charge in [0.1, 0.15) is 0 Å². The quantitative estimate of drug-likeness (QED) is 0.190. The molecule has 44 heavy (non-hydrogen) atoms. The Bertz CT molecular complexity index is 1380. The van der Waals surface area contributed by atoms with Crippen molar-refractivity contribution in [2.75, 3.05) is 26.2 Å². The lowest BCUT2D eigenvalue weighted by Crippen LogP contribution is -2.25. The molecule has 4 nitrogen and oxygen atoms in total. The summed E-state index contributed by atoms with van der Waals surface area (Å²) in [5.74, 6) is 0. The van der Waals surface area contributed by atoms with Crippen LogP contribution in [0.4, 0.5) is 0 Å². The average Bonchev–Trinajstić information content (AvgIpc) is 3.09. The molecule has 0 spiro atoms. The molecule has 220 valence electrons. The molecule has 0 amide bonds. The minimum Gasteiger partial charge on any atom is -0.310 e. The van der Waals surface area contributed by atoms with Crippen molar-refractivity contribution >= 4 is 11.4 Å². The van der Waals surface area contributed by atoms with E-state index in [1.807, 2.05) is 0 Å². The van der Waals surface area contributed by atoms with Crippen LogP contribution in [0, 0.1) is 12.2 Å². The summed E-state index contributed by atoms with van der Waals surface area (Å²) in [6.07, 6.45) is 17.3. The van der Waals surface area contributed by atoms with Crippen molar-refractivity contribution in [3.63, 3.8) is 0 Å². The number of hydrogen-bond donors (Lipinski definition) is 4. The van der Waals surface area contributed by atoms with Gasteiger partial charge in [-0.15, -0.1) is 0 Å². The van der Waals surface area contributed by atoms with Crippen molar-refractivity contribution in [3.05, 3.63) is 180 Å². The molecule has 2 unspecified atom stereocenters. The molecule has 2 atom stereocenters. The van der Waals surface area contributed by atoms with Crippen LogP contribution in [0.25, 0.3) is 11.4 Å². The van der Waals surface area contributed by atoms with E-state index in [0.29, 0.717) is 0 Å². The molecule has 4 N–H and O–H groups in total. The van der Waals surface area contributed by atoms with Crippen molar-refractivity contribution in [1.82, 2.24) is 21.3 Å². The number of allylic oxidation sites excluding steroid dienone is 4. The second-order valence-corrected chi connectivity index (χ2v) is 10.8. The summed E-state index contributed by atoms with van der Waals surface area (Å²) >= 11 is 0. The number of hydrogen-bond acceptors (Lipinski definition) is 4. The van der Waals surface area contributed by atoms with Gasteiger partial charge in [0.25, 0.3) is 0 Å². The molecule has 0 aliphatic carbocycles. The van der Waals surface area contributed by atoms with Gasteiger partial charge >= 0.3 is 0 Å². The van der Waals surface area contributed by atoms with Gasteiger partial charge in [-0.05, 0) is 61.3 Å². The van der Waals surface area contributed by atoms with E-state index >= 15 is 0 Å². The molecular weight excluding hydrogens is 536 g/mol. The summed E-state index contributed by atoms with van der Waals surface area (Å²) in [5.41, 5.74) is 6.89. The monoisotopic (exact) mass is 578 g/mol. The second-order valence-electron chi connectivity index (χ2n) is 10.8. The minimum atomic E-state index is 0.0644. The summed E-state index contributed by atoms with van der Waals surface area (Å²) in [6.45, 7) is 3.40. The zero-order chi connectivity index (χ0) is 30.1. The van der Waals surface area contributed by atoms with Gasteiger partial charge in [-0.25, -0.2) is 0 Å². The molecule has 0 saturated heterocycles. The lowest BCUT2D eigenvalue weighted by atomic mass is 10.1. The molecule has 0 aromatic heterocycles. The first-order valence-electron chi connectivity index (χ1n) is 15.6. The number of benzene rings is 4. The van der Waals surface area contributed by atoms with Crippen LogP contribution in [0.5, 0.6) is 0 Å². The van der Waals surface area contributed by atoms with Crippen molar-refractivity contribution in [2.45, 2.75) is 24.9 Å². The van der Waals surface area contributed by atoms with Crippen molar-refractivity contribution in [1.29, 1.82) is 0 Å². The van der Waals surface area contributed by atoms with Gasteiger partial charge in [0.05, 0.1) is 47.5 Å². The van der Waals surface area contributed by atoms with E-state index in [1.165, 1.54) is 11.1 Å². The summed E-state index contributed by atoms with van der Waals surface area (Å²) in [7, 11) is 0. The van der Waals surface area contributed by atoms with Gasteiger partial charge in [-0.2, -0.15) is 0 Å². The highest BCUT2D eigenvalue weighted by Gasteiger charge is 2.15. The van der Waals surface area contributed by atoms with Crippen LogP contribution in [-0.2, 0) is 0 Å². The molecule has 1 aliphatic rings. The van der Waals surface area contributed by atoms with E-state index in [-0.39, 0.29) is 12.1 Å². The van der Waals surface area contributed by atoms with E-state index in [9.17, 15) is 0 Å². The van der Waals surface area contributed by atoms with E-state index in [1.54, 1.807) is 0 Å². The predicted molar refractivity (Wildman–Crippen MR) is 184 cm³/mol. The first kappa shape index (κ1) is 30.6. The molecule has 4 aromatic rings. The maximum Gasteiger partial charge on any atom is 0.185 e. The molecular formula is C40H42N4+2. The Kier molecular flexibility index (Phi) is 12.1. The predicted octanol–water partition coefficient (Wildman–Crippen LogP) is 7.42. The third-order valence-electron chi connectivity index (χ3n) is 7.53. The zero-order valence-electron chi connectivity index (χ0n) is 25.3. The fraction of sp³-hybridized carbons (Fsp3) is 0.200. The van der Waals surface area contributed by atoms with E-state index in [0.717, 1.165) is 61.5 Å². The number of nitrogens with one attached hydrogen (secondary N) is 4. The summed E-state index contributed by atoms with van der Waals surface area (Å²) in [5, 5.41) is 14.8. The Balaban J connectivity index is 1.38. The smallest absolute Gasteiger partial charge is 0.185 e. The highest BCUT2D eigenvalue weighted by molar-refractivity contribution is 5.65. The van der Waals surface area contributed by atoms with Crippen LogP contribution in [0.2, 0.25) is 0 Å². The van der Waals surface area contributed by atoms with E-state index in [2.05, 4.69) is 179 Å². The largest absolute Gasteiger partial charge is 0.310 e. The van der Waals surface area contributed by atoms with Gasteiger partial charge in [0, 0.05) is 13.1 Å². The Morgan fingerprint density at radius 1 is 0.432 bits per heavy atom. The molecule has 1 heterocycles. The first-order chi connectivity index (χ1) is 21.9. The van der Waals surface area contributed by atoms with Crippen LogP contribution in [0.3, 0.4) is 0 Å². The fourth-order valence-electron chi connectivity index (χ4n) is 5.17. The van der Waals surface area contributed by atoms with Crippen LogP contribution < -0.4 is 21.3 Å². The molecule has 0 radical (unpaired) electrons. The highest BCUT2D eigenvalue weighted by atomic mass is 14.9. The highest BCUT2D eigenvalue weighted by Crippen LogP contribution is 2.18. The number of rotatable bonds is 4. The molecule has 4 heteroatoms. The van der Waals surface area contributed by atoms with Crippen LogP contribution in [-0.4, -0.2) is 26.2 Å². The Morgan fingerprint density at radius 2 is 0.795 bits per heavy atom. The molecule has 4 aromatic carbocycles. The van der Waals surface area contributed by atoms with Gasteiger partial charge < -0.3 is 21.3 Å². The topological polar surface area (TPSA) is 48.1 Å². The van der Waals surface area contributed by atoms with Crippen molar-refractivity contribution < 1.29 is 0 Å². The summed E-state index contributed by atoms with van der Waals surface area (Å²) in [6, 6.07) is 42.2. The lowest BCUT2D eigenvalue weighted by molar-refractivity contribution is 0.587. The molecule has 5 rings (SSSR count). The average molecular weight is 579 g/mol. The third kappa shape index (κ3) is 9.61. The normalized spacial score (nSPS) is 21.1. The van der Waals surface area contributed by atoms with E-state index < -0.39 is 0 Å². The molecule has 0 saturated carbocycles. The van der Waals surface area contributed by atoms with Crippen LogP contribution in [0.15, 0.2) is 146 Å². The Hall–Kier alpha value is -4.82. The van der Waals surface area contributed by atoms with Gasteiger partial charge in [0.2, 0.25) is 0 Å². The van der Waals surface area contributed by atoms with Crippen molar-refractivity contribution in [2.24, 2.45) is 0 Å². The fourth-order valence-corrected chi connectivity index (χ4v) is 5.17. The van der Waals surface area contributed by atoms with Gasteiger partial charge in [0.15, 0.2) is 23.5 Å². The van der Waals surface area contributed by atoms with E-state index in [4.69, 9.17) is 0 Å². The van der Waals surface area contributed by atoms with Crippen molar-refractivity contribution in [3.8, 4) is 0 Å². The Labute approximate surface area is 263 Å². The summed E-state index contributed by atoms with van der Waals surface area (Å²) in [4.78, 5) is 0. The standard InChI is InChI=1S/C40H42N4/c1-5-17-33(18-6-1)37-25-13-26-38(34-19-7-2-8-20-34)43-31-16-32-44-40(36-23-11-4-12-24-36)28-14-27-39(42-30-15-29-41-37)35-21-9-3-10-22-35/h1-12,17-28,37,40-44H,15-16,29-32H2/q+2/b38-26+,39-27+. The van der Waals surface area contributed by atoms with Gasteiger partial charge in [-0.3, -0.25) is 0 Å². The lowest BCUT2D eigenvalue weighted by Gasteiger charge is -2.14. The third-order valence-corrected chi connectivity index (χ3v) is 7.53.